The van der Waals surface area contributed by atoms with Crippen LogP contribution in [0.5, 0.6) is 0 Å². The van der Waals surface area contributed by atoms with Crippen molar-refractivity contribution in [1.29, 1.82) is 0 Å². The van der Waals surface area contributed by atoms with E-state index in [4.69, 9.17) is 4.74 Å². The van der Waals surface area contributed by atoms with Crippen molar-refractivity contribution in [3.05, 3.63) is 95.8 Å². The van der Waals surface area contributed by atoms with E-state index in [0.29, 0.717) is 0 Å². The van der Waals surface area contributed by atoms with Gasteiger partial charge in [0, 0.05) is 26.2 Å². The van der Waals surface area contributed by atoms with Crippen LogP contribution < -0.4 is 9.62 Å². The Morgan fingerprint density at radius 2 is 1.63 bits per heavy atom. The maximum absolute atomic E-state index is 13.5. The molecule has 35 heavy (non-hydrogen) atoms. The van der Waals surface area contributed by atoms with Crippen LogP contribution in [0.4, 0.5) is 10.1 Å². The molecule has 0 unspecified atom stereocenters. The van der Waals surface area contributed by atoms with Crippen LogP contribution in [-0.4, -0.2) is 52.1 Å². The fourth-order valence-electron chi connectivity index (χ4n) is 3.88. The summed E-state index contributed by atoms with van der Waals surface area (Å²) in [4.78, 5) is 15.2. The first kappa shape index (κ1) is 24.8. The van der Waals surface area contributed by atoms with E-state index in [1.165, 1.54) is 36.4 Å². The van der Waals surface area contributed by atoms with E-state index in [-0.39, 0.29) is 17.1 Å². The summed E-state index contributed by atoms with van der Waals surface area (Å²) in [6.45, 7) is 3.86. The molecule has 1 aliphatic heterocycles. The first-order valence-electron chi connectivity index (χ1n) is 11.4. The fourth-order valence-corrected chi connectivity index (χ4v) is 5.33. The summed E-state index contributed by atoms with van der Waals surface area (Å²) < 4.78 is 46.4. The van der Waals surface area contributed by atoms with Gasteiger partial charge in [-0.15, -0.1) is 0 Å². The van der Waals surface area contributed by atoms with Gasteiger partial charge in [0.1, 0.15) is 12.4 Å². The second kappa shape index (κ2) is 11.4. The van der Waals surface area contributed by atoms with Crippen LogP contribution in [0.25, 0.3) is 0 Å². The summed E-state index contributed by atoms with van der Waals surface area (Å²) in [5.74, 6) is -0.959. The Kier molecular flexibility index (Phi) is 8.12. The summed E-state index contributed by atoms with van der Waals surface area (Å²) in [5.41, 5.74) is 2.26. The molecule has 1 heterocycles. The highest BCUT2D eigenvalue weighted by atomic mass is 32.2. The first-order valence-corrected chi connectivity index (χ1v) is 12.8. The zero-order valence-electron chi connectivity index (χ0n) is 19.3. The van der Waals surface area contributed by atoms with Crippen molar-refractivity contribution in [3.63, 3.8) is 0 Å². The molecule has 0 bridgehead atoms. The van der Waals surface area contributed by atoms with Gasteiger partial charge in [0.2, 0.25) is 5.91 Å². The first-order chi connectivity index (χ1) is 16.9. The number of amides is 1. The molecule has 1 saturated heterocycles. The number of ether oxygens (including phenoxy) is 1. The molecule has 7 nitrogen and oxygen atoms in total. The number of benzene rings is 3. The number of anilines is 1. The Morgan fingerprint density at radius 1 is 0.943 bits per heavy atom. The van der Waals surface area contributed by atoms with E-state index in [1.807, 2.05) is 24.3 Å². The smallest absolute Gasteiger partial charge is 0.264 e. The van der Waals surface area contributed by atoms with E-state index in [1.54, 1.807) is 18.2 Å². The second-order valence-electron chi connectivity index (χ2n) is 8.29. The Bertz CT molecular complexity index is 1230. The van der Waals surface area contributed by atoms with E-state index in [0.717, 1.165) is 48.3 Å². The lowest BCUT2D eigenvalue weighted by Gasteiger charge is -2.26. The highest BCUT2D eigenvalue weighted by molar-refractivity contribution is 7.92. The topological polar surface area (TPSA) is 79.0 Å². The normalized spacial score (nSPS) is 14.4. The summed E-state index contributed by atoms with van der Waals surface area (Å²) in [6.07, 6.45) is 0. The van der Waals surface area contributed by atoms with Crippen LogP contribution in [0.1, 0.15) is 11.1 Å². The molecule has 3 aromatic rings. The van der Waals surface area contributed by atoms with E-state index < -0.39 is 28.3 Å². The Hall–Kier alpha value is -3.27. The summed E-state index contributed by atoms with van der Waals surface area (Å²) in [5, 5.41) is 2.81. The predicted molar refractivity (Wildman–Crippen MR) is 132 cm³/mol. The van der Waals surface area contributed by atoms with Crippen LogP contribution in [-0.2, 0) is 32.6 Å². The van der Waals surface area contributed by atoms with Gasteiger partial charge in [0.05, 0.1) is 23.8 Å². The van der Waals surface area contributed by atoms with Gasteiger partial charge in [-0.3, -0.25) is 14.0 Å². The minimum Gasteiger partial charge on any atom is -0.379 e. The van der Waals surface area contributed by atoms with E-state index in [2.05, 4.69) is 10.2 Å². The van der Waals surface area contributed by atoms with Gasteiger partial charge < -0.3 is 10.1 Å². The van der Waals surface area contributed by atoms with E-state index >= 15 is 0 Å². The zero-order valence-corrected chi connectivity index (χ0v) is 20.1. The molecule has 1 amide bonds. The molecule has 3 aromatic carbocycles. The third-order valence-corrected chi connectivity index (χ3v) is 7.51. The fraction of sp³-hybridized carbons (Fsp3) is 0.269. The third kappa shape index (κ3) is 6.66. The number of halogens is 1. The predicted octanol–water partition coefficient (Wildman–Crippen LogP) is 3.17. The highest BCUT2D eigenvalue weighted by Gasteiger charge is 2.27. The third-order valence-electron chi connectivity index (χ3n) is 5.72. The molecular formula is C26H28FN3O4S. The molecule has 1 aliphatic rings. The van der Waals surface area contributed by atoms with Crippen LogP contribution in [0.2, 0.25) is 0 Å². The van der Waals surface area contributed by atoms with Crippen LogP contribution in [0, 0.1) is 5.82 Å². The number of hydrogen-bond acceptors (Lipinski definition) is 5. The summed E-state index contributed by atoms with van der Waals surface area (Å²) in [7, 11) is -4.03. The lowest BCUT2D eigenvalue weighted by atomic mass is 10.1. The van der Waals surface area contributed by atoms with Crippen molar-refractivity contribution in [2.45, 2.75) is 18.0 Å². The number of carbonyl (C=O) groups excluding carboxylic acids is 1. The Balaban J connectivity index is 1.45. The quantitative estimate of drug-likeness (QED) is 0.491. The number of carbonyl (C=O) groups is 1. The van der Waals surface area contributed by atoms with Crippen molar-refractivity contribution >= 4 is 21.6 Å². The maximum atomic E-state index is 13.5. The molecule has 4 rings (SSSR count). The van der Waals surface area contributed by atoms with Gasteiger partial charge in [-0.1, -0.05) is 42.5 Å². The lowest BCUT2D eigenvalue weighted by Crippen LogP contribution is -2.40. The monoisotopic (exact) mass is 497 g/mol. The van der Waals surface area contributed by atoms with Crippen LogP contribution in [0.3, 0.4) is 0 Å². The van der Waals surface area contributed by atoms with Crippen molar-refractivity contribution < 1.29 is 22.3 Å². The van der Waals surface area contributed by atoms with Gasteiger partial charge in [0.25, 0.3) is 10.0 Å². The Morgan fingerprint density at radius 3 is 2.34 bits per heavy atom. The average molecular weight is 498 g/mol. The molecule has 1 N–H and O–H groups in total. The van der Waals surface area contributed by atoms with Gasteiger partial charge in [-0.05, 0) is 47.5 Å². The number of sulfonamides is 1. The largest absolute Gasteiger partial charge is 0.379 e. The number of nitrogens with one attached hydrogen (secondary N) is 1. The standard InChI is InChI=1S/C26H28FN3O4S/c27-23-9-11-24(12-10-23)30(35(32,33)25-7-2-1-3-8-25)20-26(31)28-18-21-5-4-6-22(17-21)19-29-13-15-34-16-14-29/h1-12,17H,13-16,18-20H2,(H,28,31). The molecule has 184 valence electrons. The minimum absolute atomic E-state index is 0.0490. The van der Waals surface area contributed by atoms with Crippen molar-refractivity contribution in [2.24, 2.45) is 0 Å². The number of morpholine rings is 1. The van der Waals surface area contributed by atoms with Crippen LogP contribution in [0.15, 0.2) is 83.8 Å². The summed E-state index contributed by atoms with van der Waals surface area (Å²) in [6, 6.07) is 20.8. The van der Waals surface area contributed by atoms with Crippen molar-refractivity contribution in [1.82, 2.24) is 10.2 Å². The van der Waals surface area contributed by atoms with Gasteiger partial charge in [-0.25, -0.2) is 12.8 Å². The zero-order chi connectivity index (χ0) is 24.7. The van der Waals surface area contributed by atoms with E-state index in [9.17, 15) is 17.6 Å². The summed E-state index contributed by atoms with van der Waals surface area (Å²) >= 11 is 0. The lowest BCUT2D eigenvalue weighted by molar-refractivity contribution is -0.119. The molecular weight excluding hydrogens is 469 g/mol. The number of nitrogens with zero attached hydrogens (tertiary/aromatic N) is 2. The van der Waals surface area contributed by atoms with Crippen molar-refractivity contribution in [3.8, 4) is 0 Å². The number of hydrogen-bond donors (Lipinski definition) is 1. The molecule has 0 aromatic heterocycles. The van der Waals surface area contributed by atoms with Crippen molar-refractivity contribution in [2.75, 3.05) is 37.2 Å². The van der Waals surface area contributed by atoms with Gasteiger partial charge in [0.15, 0.2) is 0 Å². The average Bonchev–Trinajstić information content (AvgIpc) is 2.88. The maximum Gasteiger partial charge on any atom is 0.264 e. The molecule has 0 atom stereocenters. The minimum atomic E-state index is -4.03. The second-order valence-corrected chi connectivity index (χ2v) is 10.1. The molecule has 0 radical (unpaired) electrons. The molecule has 9 heteroatoms. The van der Waals surface area contributed by atoms with Gasteiger partial charge >= 0.3 is 0 Å². The molecule has 0 saturated carbocycles. The van der Waals surface area contributed by atoms with Gasteiger partial charge in [-0.2, -0.15) is 0 Å². The Labute approximate surface area is 205 Å². The molecule has 0 spiro atoms. The molecule has 1 fully saturated rings. The van der Waals surface area contributed by atoms with Crippen LogP contribution >= 0.6 is 0 Å². The highest BCUT2D eigenvalue weighted by Crippen LogP contribution is 2.23. The SMILES string of the molecule is O=C(CN(c1ccc(F)cc1)S(=O)(=O)c1ccccc1)NCc1cccc(CN2CCOCC2)c1. The molecule has 0 aliphatic carbocycles. The number of rotatable bonds is 9.